The Balaban J connectivity index is 1.72. The number of benzene rings is 1. The molecule has 0 radical (unpaired) electrons. The fourth-order valence-corrected chi connectivity index (χ4v) is 5.51. The summed E-state index contributed by atoms with van der Waals surface area (Å²) in [6.07, 6.45) is -3.85. The fraction of sp³-hybridized carbons (Fsp3) is 0.519. The van der Waals surface area contributed by atoms with E-state index in [1.54, 1.807) is 36.3 Å². The maximum Gasteiger partial charge on any atom is 0.434 e. The molecule has 0 bridgehead atoms. The highest BCUT2D eigenvalue weighted by Gasteiger charge is 2.49. The lowest BCUT2D eigenvalue weighted by molar-refractivity contribution is -0.145. The standard InChI is InChI=1S/C27H32F3N3O4S/c1-15(2)17-7-9-18(10-8-17)23-22(25(35)37-16(3)4)24(27(28,29)30)32-26-33(23)19(14-38-26)12-21(34)31-13-20-6-5-11-36-20/h7-10,14-16,20,23H,5-6,11-13H2,1-4H3,(H,31,34)/t20-,23+/m1/s1. The molecule has 4 rings (SSSR count). The van der Waals surface area contributed by atoms with Crippen LogP contribution in [0.5, 0.6) is 0 Å². The molecule has 3 heterocycles. The van der Waals surface area contributed by atoms with Crippen molar-refractivity contribution < 1.29 is 32.2 Å². The molecule has 0 aromatic heterocycles. The molecule has 3 aliphatic rings. The Morgan fingerprint density at radius 2 is 1.92 bits per heavy atom. The maximum absolute atomic E-state index is 14.3. The van der Waals surface area contributed by atoms with Gasteiger partial charge in [-0.25, -0.2) is 9.79 Å². The Morgan fingerprint density at radius 3 is 2.50 bits per heavy atom. The number of alkyl halides is 3. The van der Waals surface area contributed by atoms with E-state index in [1.165, 1.54) is 0 Å². The molecule has 1 N–H and O–H groups in total. The average Bonchev–Trinajstić information content (AvgIpc) is 3.51. The van der Waals surface area contributed by atoms with Crippen LogP contribution in [0.1, 0.15) is 70.0 Å². The van der Waals surface area contributed by atoms with Gasteiger partial charge in [-0.05, 0) is 49.1 Å². The summed E-state index contributed by atoms with van der Waals surface area (Å²) in [4.78, 5) is 31.4. The van der Waals surface area contributed by atoms with Crippen LogP contribution in [0.3, 0.4) is 0 Å². The number of carbonyl (C=O) groups is 2. The monoisotopic (exact) mass is 551 g/mol. The van der Waals surface area contributed by atoms with Crippen LogP contribution in [0.2, 0.25) is 0 Å². The molecule has 2 atom stereocenters. The normalized spacial score (nSPS) is 21.6. The van der Waals surface area contributed by atoms with Crippen LogP contribution < -0.4 is 5.32 Å². The van der Waals surface area contributed by atoms with Crippen LogP contribution in [0.4, 0.5) is 13.2 Å². The smallest absolute Gasteiger partial charge is 0.434 e. The second kappa shape index (κ2) is 11.5. The number of aliphatic imine (C=N–C) groups is 1. The predicted octanol–water partition coefficient (Wildman–Crippen LogP) is 5.56. The Kier molecular flexibility index (Phi) is 8.56. The van der Waals surface area contributed by atoms with Crippen LogP contribution in [0.15, 0.2) is 51.6 Å². The molecule has 0 spiro atoms. The molecule has 0 unspecified atom stereocenters. The molecule has 1 amide bonds. The third-order valence-electron chi connectivity index (χ3n) is 6.45. The summed E-state index contributed by atoms with van der Waals surface area (Å²) in [5.41, 5.74) is 0.0441. The second-order valence-corrected chi connectivity index (χ2v) is 10.9. The number of nitrogens with zero attached hydrogens (tertiary/aromatic N) is 2. The lowest BCUT2D eigenvalue weighted by Crippen LogP contribution is -2.40. The number of fused-ring (bicyclic) bond motifs is 1. The number of hydrogen-bond acceptors (Lipinski definition) is 7. The Labute approximate surface area is 224 Å². The molecule has 1 saturated heterocycles. The van der Waals surface area contributed by atoms with Gasteiger partial charge in [-0.15, -0.1) is 0 Å². The van der Waals surface area contributed by atoms with Gasteiger partial charge in [0.05, 0.1) is 30.2 Å². The highest BCUT2D eigenvalue weighted by atomic mass is 32.2. The van der Waals surface area contributed by atoms with E-state index < -0.39 is 35.6 Å². The molecular weight excluding hydrogens is 519 g/mol. The Morgan fingerprint density at radius 1 is 1.21 bits per heavy atom. The van der Waals surface area contributed by atoms with Gasteiger partial charge in [0.15, 0.2) is 10.9 Å². The van der Waals surface area contributed by atoms with Crippen molar-refractivity contribution in [3.8, 4) is 0 Å². The van der Waals surface area contributed by atoms with E-state index in [1.807, 2.05) is 26.0 Å². The summed E-state index contributed by atoms with van der Waals surface area (Å²) in [5, 5.41) is 4.52. The topological polar surface area (TPSA) is 80.2 Å². The number of amidine groups is 1. The zero-order chi connectivity index (χ0) is 27.6. The summed E-state index contributed by atoms with van der Waals surface area (Å²) in [7, 11) is 0. The molecule has 7 nitrogen and oxygen atoms in total. The number of amides is 1. The van der Waals surface area contributed by atoms with Crippen molar-refractivity contribution >= 4 is 28.8 Å². The average molecular weight is 552 g/mol. The molecule has 0 saturated carbocycles. The molecule has 1 aromatic rings. The summed E-state index contributed by atoms with van der Waals surface area (Å²) >= 11 is 0.997. The van der Waals surface area contributed by atoms with Gasteiger partial charge in [0, 0.05) is 18.8 Å². The van der Waals surface area contributed by atoms with Crippen molar-refractivity contribution in [2.45, 2.75) is 77.3 Å². The third-order valence-corrected chi connectivity index (χ3v) is 7.34. The molecule has 206 valence electrons. The molecule has 38 heavy (non-hydrogen) atoms. The first-order chi connectivity index (χ1) is 18.0. The van der Waals surface area contributed by atoms with Gasteiger partial charge in [-0.3, -0.25) is 4.79 Å². The van der Waals surface area contributed by atoms with Crippen LogP contribution in [-0.2, 0) is 19.1 Å². The van der Waals surface area contributed by atoms with E-state index >= 15 is 0 Å². The number of hydrogen-bond donors (Lipinski definition) is 1. The predicted molar refractivity (Wildman–Crippen MR) is 139 cm³/mol. The lowest BCUT2D eigenvalue weighted by atomic mass is 9.91. The first kappa shape index (κ1) is 28.2. The molecule has 11 heteroatoms. The van der Waals surface area contributed by atoms with Crippen molar-refractivity contribution in [2.75, 3.05) is 13.2 Å². The first-order valence-corrected chi connectivity index (χ1v) is 13.6. The van der Waals surface area contributed by atoms with Gasteiger partial charge in [0.2, 0.25) is 5.91 Å². The van der Waals surface area contributed by atoms with E-state index in [2.05, 4.69) is 10.3 Å². The molecule has 1 aromatic carbocycles. The Hall–Kier alpha value is -2.79. The minimum atomic E-state index is -4.89. The quantitative estimate of drug-likeness (QED) is 0.426. The minimum absolute atomic E-state index is 0.0418. The lowest BCUT2D eigenvalue weighted by Gasteiger charge is -2.37. The van der Waals surface area contributed by atoms with Crippen LogP contribution in [0, 0.1) is 0 Å². The highest BCUT2D eigenvalue weighted by molar-refractivity contribution is 8.16. The molecule has 3 aliphatic heterocycles. The molecular formula is C27H32F3N3O4S. The number of ether oxygens (including phenoxy) is 2. The Bertz CT molecular complexity index is 1150. The van der Waals surface area contributed by atoms with E-state index in [9.17, 15) is 22.8 Å². The molecule has 1 fully saturated rings. The van der Waals surface area contributed by atoms with Crippen LogP contribution >= 0.6 is 11.8 Å². The summed E-state index contributed by atoms with van der Waals surface area (Å²) in [6, 6.07) is 5.95. The van der Waals surface area contributed by atoms with Crippen LogP contribution in [0.25, 0.3) is 0 Å². The van der Waals surface area contributed by atoms with E-state index in [4.69, 9.17) is 9.47 Å². The zero-order valence-electron chi connectivity index (χ0n) is 21.8. The van der Waals surface area contributed by atoms with Crippen molar-refractivity contribution in [3.63, 3.8) is 0 Å². The number of thioether (sulfide) groups is 1. The van der Waals surface area contributed by atoms with Gasteiger partial charge in [-0.2, -0.15) is 13.2 Å². The van der Waals surface area contributed by atoms with E-state index in [-0.39, 0.29) is 29.5 Å². The van der Waals surface area contributed by atoms with Crippen molar-refractivity contribution in [3.05, 3.63) is 57.8 Å². The largest absolute Gasteiger partial charge is 0.459 e. The number of allylic oxidation sites excluding steroid dienone is 1. The van der Waals surface area contributed by atoms with Gasteiger partial charge in [0.1, 0.15) is 0 Å². The summed E-state index contributed by atoms with van der Waals surface area (Å²) < 4.78 is 53.6. The van der Waals surface area contributed by atoms with Gasteiger partial charge in [-0.1, -0.05) is 49.9 Å². The fourth-order valence-electron chi connectivity index (χ4n) is 4.60. The van der Waals surface area contributed by atoms with Gasteiger partial charge in [0.25, 0.3) is 0 Å². The van der Waals surface area contributed by atoms with Crippen molar-refractivity contribution in [1.29, 1.82) is 0 Å². The zero-order valence-corrected chi connectivity index (χ0v) is 22.6. The SMILES string of the molecule is CC(C)OC(=O)C1=C(C(F)(F)F)N=C2SC=C(CC(=O)NC[C@H]3CCCO3)N2[C@H]1c1ccc(C(C)C)cc1. The number of esters is 1. The van der Waals surface area contributed by atoms with Crippen LogP contribution in [-0.4, -0.2) is 53.5 Å². The van der Waals surface area contributed by atoms with Crippen molar-refractivity contribution in [2.24, 2.45) is 4.99 Å². The van der Waals surface area contributed by atoms with Gasteiger partial charge >= 0.3 is 12.1 Å². The summed E-state index contributed by atoms with van der Waals surface area (Å²) in [5.74, 6) is -1.17. The minimum Gasteiger partial charge on any atom is -0.459 e. The van der Waals surface area contributed by atoms with E-state index in [0.717, 1.165) is 30.2 Å². The van der Waals surface area contributed by atoms with E-state index in [0.29, 0.717) is 24.4 Å². The van der Waals surface area contributed by atoms with Crippen molar-refractivity contribution in [1.82, 2.24) is 10.2 Å². The number of nitrogens with one attached hydrogen (secondary N) is 1. The number of halogens is 3. The maximum atomic E-state index is 14.3. The number of carbonyl (C=O) groups excluding carboxylic acids is 2. The van der Waals surface area contributed by atoms with Gasteiger partial charge < -0.3 is 19.7 Å². The second-order valence-electron chi connectivity index (χ2n) is 10.0. The summed E-state index contributed by atoms with van der Waals surface area (Å²) in [6.45, 7) is 8.21. The first-order valence-electron chi connectivity index (χ1n) is 12.7. The third kappa shape index (κ3) is 6.26. The highest BCUT2D eigenvalue weighted by Crippen LogP contribution is 2.48. The number of rotatable bonds is 8. The molecule has 0 aliphatic carbocycles.